The van der Waals surface area contributed by atoms with Crippen molar-refractivity contribution < 1.29 is 4.79 Å². The van der Waals surface area contributed by atoms with Crippen molar-refractivity contribution in [1.29, 1.82) is 5.26 Å². The Morgan fingerprint density at radius 3 is 2.62 bits per heavy atom. The molecule has 1 N–H and O–H groups in total. The fourth-order valence-electron chi connectivity index (χ4n) is 3.45. The maximum atomic E-state index is 12.6. The summed E-state index contributed by atoms with van der Waals surface area (Å²) in [5, 5.41) is 13.4. The molecule has 1 aliphatic rings. The molecule has 1 amide bonds. The van der Waals surface area contributed by atoms with Gasteiger partial charge in [0.25, 0.3) is 0 Å². The van der Waals surface area contributed by atoms with E-state index in [1.165, 1.54) is 0 Å². The maximum Gasteiger partial charge on any atom is 0.225 e. The van der Waals surface area contributed by atoms with E-state index in [1.54, 1.807) is 24.5 Å². The molecule has 0 atom stereocenters. The number of hydrogen-bond donors (Lipinski definition) is 1. The number of para-hydroxylation sites is 1. The Kier molecular flexibility index (Phi) is 5.47. The lowest BCUT2D eigenvalue weighted by atomic mass is 10.1. The van der Waals surface area contributed by atoms with E-state index in [4.69, 9.17) is 0 Å². The molecule has 0 saturated carbocycles. The number of benzene rings is 1. The van der Waals surface area contributed by atoms with Crippen LogP contribution in [0.15, 0.2) is 48.8 Å². The normalized spacial score (nSPS) is 13.9. The zero-order valence-electron chi connectivity index (χ0n) is 16.0. The van der Waals surface area contributed by atoms with Gasteiger partial charge in [-0.15, -0.1) is 0 Å². The number of carbonyl (C=O) groups excluding carboxylic acids is 1. The molecule has 8 heteroatoms. The minimum atomic E-state index is 0.116. The van der Waals surface area contributed by atoms with Crippen molar-refractivity contribution in [2.24, 2.45) is 0 Å². The molecular weight excluding hydrogens is 366 g/mol. The van der Waals surface area contributed by atoms with Gasteiger partial charge in [-0.1, -0.05) is 18.2 Å². The molecule has 1 aromatic carbocycles. The zero-order valence-corrected chi connectivity index (χ0v) is 16.0. The Bertz CT molecular complexity index is 1040. The zero-order chi connectivity index (χ0) is 20.1. The van der Waals surface area contributed by atoms with E-state index in [-0.39, 0.29) is 5.91 Å². The van der Waals surface area contributed by atoms with Gasteiger partial charge in [0.1, 0.15) is 11.8 Å². The van der Waals surface area contributed by atoms with Crippen LogP contribution in [0.5, 0.6) is 0 Å². The molecule has 1 saturated heterocycles. The third kappa shape index (κ3) is 4.24. The lowest BCUT2D eigenvalue weighted by Gasteiger charge is -2.34. The molecule has 4 rings (SSSR count). The number of aromatic nitrogens is 3. The summed E-state index contributed by atoms with van der Waals surface area (Å²) in [6, 6.07) is 13.3. The average molecular weight is 387 g/mol. The molecule has 0 unspecified atom stereocenters. The molecule has 0 bridgehead atoms. The summed E-state index contributed by atoms with van der Waals surface area (Å²) in [6.45, 7) is 3.27. The number of pyridine rings is 1. The minimum Gasteiger partial charge on any atom is -0.384 e. The van der Waals surface area contributed by atoms with Crippen LogP contribution in [0.4, 0.5) is 11.6 Å². The van der Waals surface area contributed by atoms with Crippen molar-refractivity contribution in [1.82, 2.24) is 19.9 Å². The molecule has 3 aromatic rings. The molecule has 146 valence electrons. The molecule has 3 heterocycles. The highest BCUT2D eigenvalue weighted by Gasteiger charge is 2.22. The van der Waals surface area contributed by atoms with Crippen molar-refractivity contribution in [2.75, 3.05) is 42.9 Å². The summed E-state index contributed by atoms with van der Waals surface area (Å²) in [6.07, 6.45) is 3.85. The number of nitrogens with one attached hydrogen (secondary N) is 1. The largest absolute Gasteiger partial charge is 0.384 e. The molecule has 1 aliphatic heterocycles. The number of nitriles is 1. The van der Waals surface area contributed by atoms with Crippen LogP contribution in [-0.4, -0.2) is 58.5 Å². The van der Waals surface area contributed by atoms with E-state index in [9.17, 15) is 10.1 Å². The van der Waals surface area contributed by atoms with Gasteiger partial charge in [0.15, 0.2) is 0 Å². The van der Waals surface area contributed by atoms with Crippen LogP contribution in [0.3, 0.4) is 0 Å². The van der Waals surface area contributed by atoms with Gasteiger partial charge in [-0.05, 0) is 18.2 Å². The summed E-state index contributed by atoms with van der Waals surface area (Å²) < 4.78 is 0. The van der Waals surface area contributed by atoms with Gasteiger partial charge >= 0.3 is 0 Å². The first kappa shape index (κ1) is 18.6. The van der Waals surface area contributed by atoms with Gasteiger partial charge in [-0.3, -0.25) is 4.79 Å². The van der Waals surface area contributed by atoms with Crippen LogP contribution in [0, 0.1) is 11.3 Å². The number of anilines is 2. The van der Waals surface area contributed by atoms with Crippen LogP contribution in [-0.2, 0) is 4.79 Å². The standard InChI is InChI=1S/C21H21N7O/c22-15-16-14-19(17-4-1-2-5-18(17)26-16)23-9-6-20(29)27-10-12-28(13-11-27)21-24-7-3-8-25-21/h1-5,7-8,14H,6,9-13H2,(H,23,26). The smallest absolute Gasteiger partial charge is 0.225 e. The summed E-state index contributed by atoms with van der Waals surface area (Å²) in [7, 11) is 0. The van der Waals surface area contributed by atoms with E-state index in [0.29, 0.717) is 37.7 Å². The van der Waals surface area contributed by atoms with Gasteiger partial charge in [0, 0.05) is 62.6 Å². The molecule has 2 aromatic heterocycles. The first-order valence-electron chi connectivity index (χ1n) is 9.58. The van der Waals surface area contributed by atoms with Crippen LogP contribution in [0.1, 0.15) is 12.1 Å². The van der Waals surface area contributed by atoms with Gasteiger partial charge in [0.05, 0.1) is 5.52 Å². The Labute approximate surface area is 168 Å². The fourth-order valence-corrected chi connectivity index (χ4v) is 3.45. The minimum absolute atomic E-state index is 0.116. The second-order valence-electron chi connectivity index (χ2n) is 6.78. The highest BCUT2D eigenvalue weighted by atomic mass is 16.2. The van der Waals surface area contributed by atoms with Crippen molar-refractivity contribution >= 4 is 28.4 Å². The SMILES string of the molecule is N#Cc1cc(NCCC(=O)N2CCN(c3ncccn3)CC2)c2ccccc2n1. The lowest BCUT2D eigenvalue weighted by molar-refractivity contribution is -0.131. The molecule has 1 fully saturated rings. The summed E-state index contributed by atoms with van der Waals surface area (Å²) in [4.78, 5) is 29.4. The van der Waals surface area contributed by atoms with Crippen LogP contribution in [0.25, 0.3) is 10.9 Å². The lowest BCUT2D eigenvalue weighted by Crippen LogP contribution is -2.49. The third-order valence-corrected chi connectivity index (χ3v) is 4.95. The van der Waals surface area contributed by atoms with E-state index in [0.717, 1.165) is 29.7 Å². The second kappa shape index (κ2) is 8.52. The number of nitrogens with zero attached hydrogens (tertiary/aromatic N) is 6. The van der Waals surface area contributed by atoms with Gasteiger partial charge < -0.3 is 15.1 Å². The van der Waals surface area contributed by atoms with E-state index < -0.39 is 0 Å². The van der Waals surface area contributed by atoms with Crippen LogP contribution < -0.4 is 10.2 Å². The maximum absolute atomic E-state index is 12.6. The fraction of sp³-hybridized carbons (Fsp3) is 0.286. The number of rotatable bonds is 5. The Morgan fingerprint density at radius 1 is 1.10 bits per heavy atom. The van der Waals surface area contributed by atoms with Crippen LogP contribution in [0.2, 0.25) is 0 Å². The monoisotopic (exact) mass is 387 g/mol. The quantitative estimate of drug-likeness (QED) is 0.715. The number of carbonyl (C=O) groups is 1. The Balaban J connectivity index is 1.32. The molecular formula is C21H21N7O. The third-order valence-electron chi connectivity index (χ3n) is 4.95. The average Bonchev–Trinajstić information content (AvgIpc) is 2.79. The van der Waals surface area contributed by atoms with E-state index in [1.807, 2.05) is 29.2 Å². The second-order valence-corrected chi connectivity index (χ2v) is 6.78. The molecule has 0 radical (unpaired) electrons. The topological polar surface area (TPSA) is 98.0 Å². The van der Waals surface area contributed by atoms with Crippen molar-refractivity contribution in [3.05, 3.63) is 54.5 Å². The van der Waals surface area contributed by atoms with Crippen molar-refractivity contribution in [3.63, 3.8) is 0 Å². The first-order valence-corrected chi connectivity index (χ1v) is 9.58. The van der Waals surface area contributed by atoms with Gasteiger partial charge in [-0.25, -0.2) is 15.0 Å². The predicted octanol–water partition coefficient (Wildman–Crippen LogP) is 2.05. The Morgan fingerprint density at radius 2 is 1.86 bits per heavy atom. The van der Waals surface area contributed by atoms with E-state index in [2.05, 4.69) is 31.2 Å². The highest BCUT2D eigenvalue weighted by molar-refractivity contribution is 5.92. The molecule has 29 heavy (non-hydrogen) atoms. The number of amides is 1. The molecule has 8 nitrogen and oxygen atoms in total. The number of hydrogen-bond acceptors (Lipinski definition) is 7. The number of fused-ring (bicyclic) bond motifs is 1. The summed E-state index contributed by atoms with van der Waals surface area (Å²) >= 11 is 0. The van der Waals surface area contributed by atoms with Crippen molar-refractivity contribution in [3.8, 4) is 6.07 Å². The predicted molar refractivity (Wildman–Crippen MR) is 110 cm³/mol. The first-order chi connectivity index (χ1) is 14.2. The van der Waals surface area contributed by atoms with E-state index >= 15 is 0 Å². The Hall–Kier alpha value is -3.73. The van der Waals surface area contributed by atoms with Crippen LogP contribution >= 0.6 is 0 Å². The van der Waals surface area contributed by atoms with Gasteiger partial charge in [-0.2, -0.15) is 5.26 Å². The molecule has 0 spiro atoms. The van der Waals surface area contributed by atoms with Gasteiger partial charge in [0.2, 0.25) is 11.9 Å². The summed E-state index contributed by atoms with van der Waals surface area (Å²) in [5.74, 6) is 0.823. The highest BCUT2D eigenvalue weighted by Crippen LogP contribution is 2.23. The number of piperazine rings is 1. The van der Waals surface area contributed by atoms with Crippen molar-refractivity contribution in [2.45, 2.75) is 6.42 Å². The molecule has 0 aliphatic carbocycles. The summed E-state index contributed by atoms with van der Waals surface area (Å²) in [5.41, 5.74) is 1.95.